The minimum absolute atomic E-state index is 0.0447. The maximum atomic E-state index is 10.9. The number of ether oxygens (including phenoxy) is 1. The van der Waals surface area contributed by atoms with E-state index < -0.39 is 4.92 Å². The predicted molar refractivity (Wildman–Crippen MR) is 139 cm³/mol. The van der Waals surface area contributed by atoms with Crippen LogP contribution < -0.4 is 21.7 Å². The molecule has 2 aliphatic heterocycles. The standard InChI is InChI=1S/C24H28Cl2N6O3/c25-17-2-4-19(21(26)13-17)20-14-18(3-1-16(20)15-31-9-11-35-12-10-31)28-7-8-29-23-6-5-22(32(33)34)24(27)30-23/h1-6,13-14,23,28-30H,7-12,15,27H2. The molecule has 0 bridgehead atoms. The molecule has 35 heavy (non-hydrogen) atoms. The summed E-state index contributed by atoms with van der Waals surface area (Å²) >= 11 is 12.7. The van der Waals surface area contributed by atoms with Crippen molar-refractivity contribution >= 4 is 28.9 Å². The summed E-state index contributed by atoms with van der Waals surface area (Å²) in [4.78, 5) is 12.8. The van der Waals surface area contributed by atoms with Gasteiger partial charge in [-0.25, -0.2) is 0 Å². The summed E-state index contributed by atoms with van der Waals surface area (Å²) in [5, 5.41) is 21.7. The van der Waals surface area contributed by atoms with Crippen molar-refractivity contribution in [3.63, 3.8) is 0 Å². The lowest BCUT2D eigenvalue weighted by Crippen LogP contribution is -2.46. The van der Waals surface area contributed by atoms with Crippen LogP contribution in [0.5, 0.6) is 0 Å². The first kappa shape index (κ1) is 25.3. The zero-order valence-electron chi connectivity index (χ0n) is 19.1. The molecular formula is C24H28Cl2N6O3. The zero-order chi connectivity index (χ0) is 24.8. The van der Waals surface area contributed by atoms with Crippen molar-refractivity contribution < 1.29 is 9.66 Å². The van der Waals surface area contributed by atoms with Crippen LogP contribution in [-0.2, 0) is 11.3 Å². The number of benzene rings is 2. The Morgan fingerprint density at radius 1 is 1.14 bits per heavy atom. The third-order valence-electron chi connectivity index (χ3n) is 5.88. The topological polar surface area (TPSA) is 118 Å². The van der Waals surface area contributed by atoms with Gasteiger partial charge in [0.2, 0.25) is 0 Å². The van der Waals surface area contributed by atoms with E-state index in [1.807, 2.05) is 12.1 Å². The highest BCUT2D eigenvalue weighted by Crippen LogP contribution is 2.35. The number of nitrogens with zero attached hydrogens (tertiary/aromatic N) is 2. The minimum Gasteiger partial charge on any atom is -0.384 e. The van der Waals surface area contributed by atoms with Crippen molar-refractivity contribution in [3.05, 3.63) is 85.8 Å². The Labute approximate surface area is 214 Å². The van der Waals surface area contributed by atoms with Crippen LogP contribution in [0, 0.1) is 10.1 Å². The molecule has 1 saturated heterocycles. The lowest BCUT2D eigenvalue weighted by molar-refractivity contribution is -0.421. The fourth-order valence-electron chi connectivity index (χ4n) is 4.06. The molecule has 186 valence electrons. The van der Waals surface area contributed by atoms with Crippen molar-refractivity contribution in [2.24, 2.45) is 5.73 Å². The maximum Gasteiger partial charge on any atom is 0.308 e. The lowest BCUT2D eigenvalue weighted by atomic mass is 9.98. The van der Waals surface area contributed by atoms with Crippen LogP contribution in [0.15, 0.2) is 60.1 Å². The Morgan fingerprint density at radius 3 is 2.66 bits per heavy atom. The minimum atomic E-state index is -0.510. The number of morpholine rings is 1. The summed E-state index contributed by atoms with van der Waals surface area (Å²) in [7, 11) is 0. The van der Waals surface area contributed by atoms with Crippen molar-refractivity contribution in [2.75, 3.05) is 44.7 Å². The summed E-state index contributed by atoms with van der Waals surface area (Å²) < 4.78 is 5.48. The van der Waals surface area contributed by atoms with Gasteiger partial charge in [0.1, 0.15) is 0 Å². The molecule has 0 saturated carbocycles. The van der Waals surface area contributed by atoms with E-state index in [4.69, 9.17) is 33.7 Å². The molecule has 2 aromatic carbocycles. The van der Waals surface area contributed by atoms with Gasteiger partial charge in [0.05, 0.1) is 24.3 Å². The van der Waals surface area contributed by atoms with Crippen LogP contribution in [-0.4, -0.2) is 55.4 Å². The van der Waals surface area contributed by atoms with E-state index in [2.05, 4.69) is 39.0 Å². The summed E-state index contributed by atoms with van der Waals surface area (Å²) in [6, 6.07) is 11.9. The normalized spacial score (nSPS) is 18.4. The molecule has 1 unspecified atom stereocenters. The van der Waals surface area contributed by atoms with E-state index in [-0.39, 0.29) is 17.7 Å². The molecule has 5 N–H and O–H groups in total. The Bertz CT molecular complexity index is 1130. The number of nitro groups is 1. The average Bonchev–Trinajstić information content (AvgIpc) is 2.83. The van der Waals surface area contributed by atoms with E-state index in [9.17, 15) is 10.1 Å². The van der Waals surface area contributed by atoms with Gasteiger partial charge in [-0.2, -0.15) is 0 Å². The van der Waals surface area contributed by atoms with Crippen LogP contribution in [0.25, 0.3) is 11.1 Å². The second-order valence-electron chi connectivity index (χ2n) is 8.30. The summed E-state index contributed by atoms with van der Waals surface area (Å²) in [6.45, 7) is 5.31. The van der Waals surface area contributed by atoms with Gasteiger partial charge < -0.3 is 21.1 Å². The monoisotopic (exact) mass is 518 g/mol. The summed E-state index contributed by atoms with van der Waals surface area (Å²) in [6.07, 6.45) is 2.81. The van der Waals surface area contributed by atoms with Gasteiger partial charge in [-0.05, 0) is 41.5 Å². The zero-order valence-corrected chi connectivity index (χ0v) is 20.6. The van der Waals surface area contributed by atoms with Crippen molar-refractivity contribution in [1.82, 2.24) is 15.5 Å². The maximum absolute atomic E-state index is 10.9. The molecule has 2 aromatic rings. The third kappa shape index (κ3) is 6.65. The van der Waals surface area contributed by atoms with Gasteiger partial charge in [0, 0.05) is 60.1 Å². The predicted octanol–water partition coefficient (Wildman–Crippen LogP) is 3.38. The Morgan fingerprint density at radius 2 is 1.94 bits per heavy atom. The molecule has 0 aliphatic carbocycles. The molecule has 0 radical (unpaired) electrons. The van der Waals surface area contributed by atoms with Gasteiger partial charge in [-0.3, -0.25) is 20.3 Å². The highest BCUT2D eigenvalue weighted by Gasteiger charge is 2.20. The first-order chi connectivity index (χ1) is 16.9. The smallest absolute Gasteiger partial charge is 0.308 e. The van der Waals surface area contributed by atoms with Gasteiger partial charge in [0.15, 0.2) is 5.82 Å². The number of anilines is 1. The quantitative estimate of drug-likeness (QED) is 0.226. The van der Waals surface area contributed by atoms with Crippen LogP contribution in [0.3, 0.4) is 0 Å². The molecule has 9 nitrogen and oxygen atoms in total. The van der Waals surface area contributed by atoms with Crippen LogP contribution in [0.4, 0.5) is 5.69 Å². The molecule has 2 heterocycles. The van der Waals surface area contributed by atoms with Gasteiger partial charge >= 0.3 is 5.70 Å². The Hall–Kier alpha value is -2.82. The van der Waals surface area contributed by atoms with Crippen molar-refractivity contribution in [3.8, 4) is 11.1 Å². The fraction of sp³-hybridized carbons (Fsp3) is 0.333. The number of nitrogens with one attached hydrogen (secondary N) is 3. The number of allylic oxidation sites excluding steroid dienone is 1. The molecule has 0 spiro atoms. The lowest BCUT2D eigenvalue weighted by Gasteiger charge is -2.28. The second-order valence-corrected chi connectivity index (χ2v) is 9.15. The van der Waals surface area contributed by atoms with Gasteiger partial charge in [-0.1, -0.05) is 35.3 Å². The average molecular weight is 519 g/mol. The Kier molecular flexibility index (Phi) is 8.48. The first-order valence-electron chi connectivity index (χ1n) is 11.4. The molecule has 0 amide bonds. The van der Waals surface area contributed by atoms with Crippen molar-refractivity contribution in [1.29, 1.82) is 0 Å². The first-order valence-corrected chi connectivity index (χ1v) is 12.1. The van der Waals surface area contributed by atoms with Gasteiger partial charge in [-0.15, -0.1) is 0 Å². The highest BCUT2D eigenvalue weighted by molar-refractivity contribution is 6.36. The van der Waals surface area contributed by atoms with E-state index in [0.717, 1.165) is 49.7 Å². The molecule has 1 atom stereocenters. The van der Waals surface area contributed by atoms with Crippen molar-refractivity contribution in [2.45, 2.75) is 12.7 Å². The van der Waals surface area contributed by atoms with Crippen LogP contribution in [0.2, 0.25) is 10.0 Å². The number of nitrogens with two attached hydrogens (primary N) is 1. The van der Waals surface area contributed by atoms with E-state index >= 15 is 0 Å². The SMILES string of the molecule is NC1=C([N+](=O)[O-])C=CC(NCCNc2ccc(CN3CCOCC3)c(-c3ccc(Cl)cc3Cl)c2)N1. The van der Waals surface area contributed by atoms with Gasteiger partial charge in [0.25, 0.3) is 0 Å². The van der Waals surface area contributed by atoms with E-state index in [1.54, 1.807) is 12.1 Å². The molecule has 4 rings (SSSR count). The summed E-state index contributed by atoms with van der Waals surface area (Å²) in [5.74, 6) is 0.0447. The Balaban J connectivity index is 1.42. The number of dihydropyridines is 1. The van der Waals surface area contributed by atoms with E-state index in [0.29, 0.717) is 23.1 Å². The largest absolute Gasteiger partial charge is 0.384 e. The van der Waals surface area contributed by atoms with Crippen LogP contribution in [0.1, 0.15) is 5.56 Å². The fourth-order valence-corrected chi connectivity index (χ4v) is 4.57. The number of rotatable bonds is 9. The number of hydrogen-bond donors (Lipinski definition) is 4. The summed E-state index contributed by atoms with van der Waals surface area (Å²) in [5.41, 5.74) is 9.72. The molecular weight excluding hydrogens is 491 g/mol. The van der Waals surface area contributed by atoms with E-state index in [1.165, 1.54) is 11.6 Å². The number of halogens is 2. The number of hydrogen-bond acceptors (Lipinski definition) is 8. The molecule has 11 heteroatoms. The molecule has 0 aromatic heterocycles. The molecule has 2 aliphatic rings. The third-order valence-corrected chi connectivity index (χ3v) is 6.43. The molecule has 1 fully saturated rings. The van der Waals surface area contributed by atoms with Crippen LogP contribution >= 0.6 is 23.2 Å². The second kappa shape index (κ2) is 11.7. The highest BCUT2D eigenvalue weighted by atomic mass is 35.5.